The third-order valence-electron chi connectivity index (χ3n) is 1.66. The molecule has 0 amide bonds. The fourth-order valence-corrected chi connectivity index (χ4v) is 0.706. The van der Waals surface area contributed by atoms with Crippen LogP contribution in [-0.2, 0) is 16.3 Å². The Morgan fingerprint density at radius 3 is 2.18 bits per heavy atom. The summed E-state index contributed by atoms with van der Waals surface area (Å²) in [6.07, 6.45) is 3.43. The third-order valence-corrected chi connectivity index (χ3v) is 1.66. The SMILES string of the molecule is [CH2-]CCCC(C)(C)CN.[Zn+][Br]. The minimum atomic E-state index is 0.331. The first-order valence-corrected chi connectivity index (χ1v) is 10.8. The van der Waals surface area contributed by atoms with E-state index in [1.165, 1.54) is 29.2 Å². The maximum absolute atomic E-state index is 5.53. The van der Waals surface area contributed by atoms with Crippen molar-refractivity contribution in [2.75, 3.05) is 6.54 Å². The topological polar surface area (TPSA) is 26.0 Å². The van der Waals surface area contributed by atoms with Gasteiger partial charge in [0.1, 0.15) is 0 Å². The number of rotatable bonds is 4. The number of hydrogen-bond donors (Lipinski definition) is 1. The summed E-state index contributed by atoms with van der Waals surface area (Å²) in [7, 11) is 0. The van der Waals surface area contributed by atoms with Gasteiger partial charge in [-0.25, -0.2) is 0 Å². The fourth-order valence-electron chi connectivity index (χ4n) is 0.706. The van der Waals surface area contributed by atoms with Gasteiger partial charge in [-0.3, -0.25) is 0 Å². The van der Waals surface area contributed by atoms with Crippen LogP contribution in [0.5, 0.6) is 0 Å². The van der Waals surface area contributed by atoms with Crippen molar-refractivity contribution in [3.05, 3.63) is 6.92 Å². The molecule has 0 rings (SSSR count). The monoisotopic (exact) mass is 271 g/mol. The van der Waals surface area contributed by atoms with Gasteiger partial charge in [0.05, 0.1) is 0 Å². The summed E-state index contributed by atoms with van der Waals surface area (Å²) in [6, 6.07) is 0. The Bertz CT molecular complexity index is 76.5. The first-order valence-electron chi connectivity index (χ1n) is 3.88. The van der Waals surface area contributed by atoms with Crippen molar-refractivity contribution >= 4 is 13.6 Å². The van der Waals surface area contributed by atoms with Gasteiger partial charge in [0.15, 0.2) is 0 Å². The van der Waals surface area contributed by atoms with Crippen LogP contribution < -0.4 is 5.73 Å². The Morgan fingerprint density at radius 1 is 1.45 bits per heavy atom. The van der Waals surface area contributed by atoms with Crippen LogP contribution in [0.15, 0.2) is 0 Å². The molecule has 2 N–H and O–H groups in total. The predicted octanol–water partition coefficient (Wildman–Crippen LogP) is 2.82. The zero-order valence-corrected chi connectivity index (χ0v) is 12.3. The van der Waals surface area contributed by atoms with E-state index in [4.69, 9.17) is 5.73 Å². The zero-order valence-electron chi connectivity index (χ0n) is 7.70. The van der Waals surface area contributed by atoms with E-state index in [-0.39, 0.29) is 0 Å². The van der Waals surface area contributed by atoms with Crippen LogP contribution in [0.4, 0.5) is 0 Å². The molecule has 11 heavy (non-hydrogen) atoms. The van der Waals surface area contributed by atoms with Gasteiger partial charge in [-0.2, -0.15) is 6.42 Å². The molecule has 0 aromatic rings. The molecule has 3 heteroatoms. The molecule has 0 saturated carbocycles. The standard InChI is InChI=1S/C8H18N.BrH.Zn/c1-4-5-6-8(2,3)7-9;;/h1,4-7,9H2,2-3H3;1H;/q-1;;+2/p-1. The van der Waals surface area contributed by atoms with Crippen LogP contribution >= 0.6 is 13.6 Å². The summed E-state index contributed by atoms with van der Waals surface area (Å²) in [5, 5.41) is 0. The maximum atomic E-state index is 5.53. The van der Waals surface area contributed by atoms with E-state index in [1.807, 2.05) is 0 Å². The first kappa shape index (κ1) is 14.6. The second-order valence-electron chi connectivity index (χ2n) is 3.33. The van der Waals surface area contributed by atoms with Gasteiger partial charge in [0.2, 0.25) is 0 Å². The van der Waals surface area contributed by atoms with Crippen molar-refractivity contribution in [2.24, 2.45) is 11.1 Å². The molecule has 0 aromatic carbocycles. The van der Waals surface area contributed by atoms with Crippen molar-refractivity contribution in [2.45, 2.75) is 33.1 Å². The summed E-state index contributed by atoms with van der Waals surface area (Å²) in [4.78, 5) is 0. The predicted molar refractivity (Wildman–Crippen MR) is 51.0 cm³/mol. The Morgan fingerprint density at radius 2 is 1.91 bits per heavy atom. The van der Waals surface area contributed by atoms with Crippen molar-refractivity contribution in [3.8, 4) is 0 Å². The normalized spacial score (nSPS) is 10.5. The molecule has 0 heterocycles. The van der Waals surface area contributed by atoms with E-state index in [9.17, 15) is 0 Å². The van der Waals surface area contributed by atoms with Crippen LogP contribution in [0.25, 0.3) is 0 Å². The van der Waals surface area contributed by atoms with E-state index in [0.29, 0.717) is 5.41 Å². The summed E-state index contributed by atoms with van der Waals surface area (Å²) in [5.74, 6) is 0. The Kier molecular flexibility index (Phi) is 12.1. The molecule has 0 aliphatic rings. The Labute approximate surface area is 87.5 Å². The van der Waals surface area contributed by atoms with Crippen LogP contribution in [0.1, 0.15) is 33.1 Å². The van der Waals surface area contributed by atoms with E-state index in [1.54, 1.807) is 0 Å². The van der Waals surface area contributed by atoms with E-state index < -0.39 is 0 Å². The second-order valence-corrected chi connectivity index (χ2v) is 3.33. The average molecular weight is 274 g/mol. The van der Waals surface area contributed by atoms with Crippen LogP contribution in [0, 0.1) is 12.3 Å². The van der Waals surface area contributed by atoms with E-state index >= 15 is 0 Å². The van der Waals surface area contributed by atoms with Crippen molar-refractivity contribution in [1.82, 2.24) is 0 Å². The fraction of sp³-hybridized carbons (Fsp3) is 0.875. The molecule has 0 aliphatic heterocycles. The molecule has 0 fully saturated rings. The molecule has 64 valence electrons. The summed E-state index contributed by atoms with van der Waals surface area (Å²) in [6.45, 7) is 8.96. The molecule has 1 nitrogen and oxygen atoms in total. The molecule has 0 aliphatic carbocycles. The van der Waals surface area contributed by atoms with Crippen molar-refractivity contribution in [3.63, 3.8) is 0 Å². The summed E-state index contributed by atoms with van der Waals surface area (Å²) >= 11 is 4.25. The molecular weight excluding hydrogens is 255 g/mol. The average Bonchev–Trinajstić information content (AvgIpc) is 2.05. The first-order chi connectivity index (χ1) is 5.12. The van der Waals surface area contributed by atoms with Gasteiger partial charge >= 0.3 is 30.0 Å². The molecule has 0 atom stereocenters. The molecule has 0 radical (unpaired) electrons. The van der Waals surface area contributed by atoms with Crippen LogP contribution in [0.2, 0.25) is 0 Å². The van der Waals surface area contributed by atoms with Gasteiger partial charge in [0, 0.05) is 0 Å². The van der Waals surface area contributed by atoms with Crippen LogP contribution in [-0.4, -0.2) is 6.54 Å². The quantitative estimate of drug-likeness (QED) is 0.619. The summed E-state index contributed by atoms with van der Waals surface area (Å²) in [5.41, 5.74) is 5.86. The molecular formula is C8H18BrNZn. The van der Waals surface area contributed by atoms with Gasteiger partial charge in [0.25, 0.3) is 0 Å². The van der Waals surface area contributed by atoms with E-state index in [2.05, 4.69) is 34.4 Å². The van der Waals surface area contributed by atoms with Crippen molar-refractivity contribution in [1.29, 1.82) is 0 Å². The van der Waals surface area contributed by atoms with Gasteiger partial charge in [-0.05, 0) is 18.4 Å². The molecule has 0 saturated heterocycles. The van der Waals surface area contributed by atoms with E-state index in [0.717, 1.165) is 13.0 Å². The Hall–Kier alpha value is 1.06. The number of unbranched alkanes of at least 4 members (excludes halogenated alkanes) is 1. The number of nitrogens with two attached hydrogens (primary N) is 1. The number of hydrogen-bond acceptors (Lipinski definition) is 1. The summed E-state index contributed by atoms with van der Waals surface area (Å²) < 4.78 is 0. The number of halogens is 1. The van der Waals surface area contributed by atoms with Gasteiger partial charge < -0.3 is 12.7 Å². The molecule has 0 spiro atoms. The second kappa shape index (κ2) is 9.15. The third kappa shape index (κ3) is 11.1. The van der Waals surface area contributed by atoms with Crippen LogP contribution in [0.3, 0.4) is 0 Å². The minimum absolute atomic E-state index is 0.331. The van der Waals surface area contributed by atoms with Gasteiger partial charge in [-0.15, -0.1) is 0 Å². The van der Waals surface area contributed by atoms with Crippen molar-refractivity contribution < 1.29 is 16.3 Å². The molecule has 0 bridgehead atoms. The molecule has 0 aromatic heterocycles. The van der Waals surface area contributed by atoms with Gasteiger partial charge in [-0.1, -0.05) is 20.3 Å². The Balaban J connectivity index is 0. The zero-order chi connectivity index (χ0) is 9.33. The molecule has 0 unspecified atom stereocenters.